The second kappa shape index (κ2) is 5.30. The number of hydrogen-bond acceptors (Lipinski definition) is 5. The molecule has 1 N–H and O–H groups in total. The number of carboxylic acids is 1. The number of aryl methyl sites for hydroxylation is 1. The van der Waals surface area contributed by atoms with Crippen molar-refractivity contribution in [3.05, 3.63) is 17.6 Å². The molecule has 1 aromatic rings. The molecule has 0 aromatic carbocycles. The molecular weight excluding hydrogens is 232 g/mol. The van der Waals surface area contributed by atoms with Crippen molar-refractivity contribution in [1.29, 1.82) is 0 Å². The summed E-state index contributed by atoms with van der Waals surface area (Å²) in [5.41, 5.74) is 0.690. The maximum atomic E-state index is 10.9. The van der Waals surface area contributed by atoms with Crippen molar-refractivity contribution in [3.8, 4) is 0 Å². The molecule has 1 fully saturated rings. The summed E-state index contributed by atoms with van der Waals surface area (Å²) in [6.07, 6.45) is 0. The van der Waals surface area contributed by atoms with Crippen LogP contribution in [0.5, 0.6) is 0 Å². The van der Waals surface area contributed by atoms with Gasteiger partial charge in [-0.05, 0) is 13.5 Å². The summed E-state index contributed by atoms with van der Waals surface area (Å²) >= 11 is 0. The van der Waals surface area contributed by atoms with E-state index in [2.05, 4.69) is 26.7 Å². The van der Waals surface area contributed by atoms with E-state index in [-0.39, 0.29) is 5.82 Å². The highest BCUT2D eigenvalue weighted by Gasteiger charge is 2.19. The van der Waals surface area contributed by atoms with Gasteiger partial charge in [0.25, 0.3) is 0 Å². The highest BCUT2D eigenvalue weighted by atomic mass is 16.4. The lowest BCUT2D eigenvalue weighted by Gasteiger charge is -2.34. The first-order valence-electron chi connectivity index (χ1n) is 6.16. The van der Waals surface area contributed by atoms with E-state index >= 15 is 0 Å². The number of nitrogens with zero attached hydrogens (tertiary/aromatic N) is 4. The lowest BCUT2D eigenvalue weighted by Crippen LogP contribution is -2.46. The van der Waals surface area contributed by atoms with Crippen molar-refractivity contribution >= 4 is 11.8 Å². The second-order valence-corrected chi connectivity index (χ2v) is 4.42. The number of hydrogen-bond donors (Lipinski definition) is 1. The SMILES string of the molecule is CCN1CCN(c2cc(C)nc(C(=O)O)n2)CC1. The lowest BCUT2D eigenvalue weighted by molar-refractivity contribution is 0.0683. The fourth-order valence-corrected chi connectivity index (χ4v) is 2.10. The normalized spacial score (nSPS) is 16.9. The van der Waals surface area contributed by atoms with E-state index in [9.17, 15) is 4.79 Å². The average Bonchev–Trinajstić information content (AvgIpc) is 2.38. The van der Waals surface area contributed by atoms with Crippen LogP contribution in [0.4, 0.5) is 5.82 Å². The van der Waals surface area contributed by atoms with Gasteiger partial charge >= 0.3 is 5.97 Å². The van der Waals surface area contributed by atoms with Gasteiger partial charge in [-0.15, -0.1) is 0 Å². The van der Waals surface area contributed by atoms with Crippen LogP contribution < -0.4 is 4.90 Å². The topological polar surface area (TPSA) is 69.6 Å². The van der Waals surface area contributed by atoms with Gasteiger partial charge in [0.1, 0.15) is 5.82 Å². The highest BCUT2D eigenvalue weighted by molar-refractivity contribution is 5.83. The minimum absolute atomic E-state index is 0.122. The molecular formula is C12H18N4O2. The van der Waals surface area contributed by atoms with Crippen molar-refractivity contribution in [1.82, 2.24) is 14.9 Å². The predicted octanol–water partition coefficient (Wildman–Crippen LogP) is 0.625. The summed E-state index contributed by atoms with van der Waals surface area (Å²) in [4.78, 5) is 23.4. The van der Waals surface area contributed by atoms with Gasteiger partial charge in [-0.2, -0.15) is 0 Å². The first-order valence-corrected chi connectivity index (χ1v) is 6.16. The summed E-state index contributed by atoms with van der Waals surface area (Å²) in [5, 5.41) is 8.96. The molecule has 0 amide bonds. The molecule has 0 unspecified atom stereocenters. The monoisotopic (exact) mass is 250 g/mol. The maximum absolute atomic E-state index is 10.9. The molecule has 0 spiro atoms. The van der Waals surface area contributed by atoms with Crippen LogP contribution in [0.25, 0.3) is 0 Å². The molecule has 1 saturated heterocycles. The van der Waals surface area contributed by atoms with E-state index < -0.39 is 5.97 Å². The largest absolute Gasteiger partial charge is 0.475 e. The van der Waals surface area contributed by atoms with Crippen LogP contribution in [0.2, 0.25) is 0 Å². The summed E-state index contributed by atoms with van der Waals surface area (Å²) in [7, 11) is 0. The zero-order chi connectivity index (χ0) is 13.1. The smallest absolute Gasteiger partial charge is 0.374 e. The van der Waals surface area contributed by atoms with Crippen LogP contribution in [0.3, 0.4) is 0 Å². The average molecular weight is 250 g/mol. The van der Waals surface area contributed by atoms with Crippen molar-refractivity contribution in [2.24, 2.45) is 0 Å². The summed E-state index contributed by atoms with van der Waals surface area (Å²) < 4.78 is 0. The van der Waals surface area contributed by atoms with Crippen LogP contribution in [0.1, 0.15) is 23.2 Å². The molecule has 1 aliphatic heterocycles. The Balaban J connectivity index is 2.16. The maximum Gasteiger partial charge on any atom is 0.374 e. The molecule has 0 bridgehead atoms. The van der Waals surface area contributed by atoms with Gasteiger partial charge < -0.3 is 14.9 Å². The third-order valence-corrected chi connectivity index (χ3v) is 3.18. The van der Waals surface area contributed by atoms with E-state index in [1.54, 1.807) is 6.92 Å². The molecule has 6 heteroatoms. The van der Waals surface area contributed by atoms with E-state index in [4.69, 9.17) is 5.11 Å². The lowest BCUT2D eigenvalue weighted by atomic mass is 10.3. The highest BCUT2D eigenvalue weighted by Crippen LogP contribution is 2.15. The third kappa shape index (κ3) is 2.76. The summed E-state index contributed by atoms with van der Waals surface area (Å²) in [6, 6.07) is 1.84. The van der Waals surface area contributed by atoms with Crippen molar-refractivity contribution < 1.29 is 9.90 Å². The Labute approximate surface area is 106 Å². The minimum atomic E-state index is -1.08. The number of aromatic carboxylic acids is 1. The van der Waals surface area contributed by atoms with Crippen LogP contribution in [0.15, 0.2) is 6.07 Å². The number of carboxylic acid groups (broad SMARTS) is 1. The second-order valence-electron chi connectivity index (χ2n) is 4.42. The zero-order valence-electron chi connectivity index (χ0n) is 10.8. The van der Waals surface area contributed by atoms with E-state index in [0.29, 0.717) is 5.69 Å². The first kappa shape index (κ1) is 12.8. The Hall–Kier alpha value is -1.69. The van der Waals surface area contributed by atoms with Crippen LogP contribution >= 0.6 is 0 Å². The Morgan fingerprint density at radius 1 is 1.33 bits per heavy atom. The molecule has 1 aliphatic rings. The zero-order valence-corrected chi connectivity index (χ0v) is 10.8. The van der Waals surface area contributed by atoms with Crippen LogP contribution in [-0.2, 0) is 0 Å². The molecule has 98 valence electrons. The molecule has 0 atom stereocenters. The fourth-order valence-electron chi connectivity index (χ4n) is 2.10. The standard InChI is InChI=1S/C12H18N4O2/c1-3-15-4-6-16(7-5-15)10-8-9(2)13-11(14-10)12(17)18/h8H,3-7H2,1-2H3,(H,17,18). The number of piperazine rings is 1. The quantitative estimate of drug-likeness (QED) is 0.848. The van der Waals surface area contributed by atoms with Crippen molar-refractivity contribution in [3.63, 3.8) is 0 Å². The first-order chi connectivity index (χ1) is 8.60. The number of aromatic nitrogens is 2. The van der Waals surface area contributed by atoms with Crippen molar-refractivity contribution in [2.45, 2.75) is 13.8 Å². The molecule has 2 rings (SSSR count). The molecule has 0 radical (unpaired) electrons. The van der Waals surface area contributed by atoms with Gasteiger partial charge in [0.05, 0.1) is 0 Å². The van der Waals surface area contributed by atoms with Gasteiger partial charge in [-0.3, -0.25) is 0 Å². The van der Waals surface area contributed by atoms with Gasteiger partial charge in [-0.25, -0.2) is 14.8 Å². The number of rotatable bonds is 3. The fraction of sp³-hybridized carbons (Fsp3) is 0.583. The van der Waals surface area contributed by atoms with Gasteiger partial charge in [0, 0.05) is 37.9 Å². The van der Waals surface area contributed by atoms with E-state index in [0.717, 1.165) is 38.5 Å². The van der Waals surface area contributed by atoms with E-state index in [1.807, 2.05) is 6.07 Å². The minimum Gasteiger partial charge on any atom is -0.475 e. The number of likely N-dealkylation sites (N-methyl/N-ethyl adjacent to an activating group) is 1. The number of anilines is 1. The Kier molecular flexibility index (Phi) is 3.76. The molecule has 18 heavy (non-hydrogen) atoms. The summed E-state index contributed by atoms with van der Waals surface area (Å²) in [5.74, 6) is -0.481. The van der Waals surface area contributed by atoms with Crippen molar-refractivity contribution in [2.75, 3.05) is 37.6 Å². The van der Waals surface area contributed by atoms with Crippen LogP contribution in [0, 0.1) is 6.92 Å². The summed E-state index contributed by atoms with van der Waals surface area (Å²) in [6.45, 7) is 8.72. The van der Waals surface area contributed by atoms with Gasteiger partial charge in [0.15, 0.2) is 0 Å². The Morgan fingerprint density at radius 3 is 2.56 bits per heavy atom. The predicted molar refractivity (Wildman–Crippen MR) is 68.1 cm³/mol. The Bertz CT molecular complexity index is 442. The number of carbonyl (C=O) groups is 1. The molecule has 6 nitrogen and oxygen atoms in total. The van der Waals surface area contributed by atoms with E-state index in [1.165, 1.54) is 0 Å². The van der Waals surface area contributed by atoms with Crippen LogP contribution in [-0.4, -0.2) is 58.7 Å². The van der Waals surface area contributed by atoms with Gasteiger partial charge in [-0.1, -0.05) is 6.92 Å². The third-order valence-electron chi connectivity index (χ3n) is 3.18. The molecule has 1 aromatic heterocycles. The van der Waals surface area contributed by atoms with Gasteiger partial charge in [0.2, 0.25) is 5.82 Å². The Morgan fingerprint density at radius 2 is 2.00 bits per heavy atom. The molecule has 0 saturated carbocycles. The molecule has 0 aliphatic carbocycles. The molecule has 2 heterocycles.